The molecule has 0 spiro atoms. The highest BCUT2D eigenvalue weighted by atomic mass is 32.1. The van der Waals surface area contributed by atoms with E-state index < -0.39 is 0 Å². The van der Waals surface area contributed by atoms with Gasteiger partial charge in [0.1, 0.15) is 0 Å². The van der Waals surface area contributed by atoms with Crippen molar-refractivity contribution in [1.29, 1.82) is 0 Å². The van der Waals surface area contributed by atoms with Gasteiger partial charge in [-0.25, -0.2) is 4.98 Å². The summed E-state index contributed by atoms with van der Waals surface area (Å²) in [7, 11) is 0. The molecule has 4 nitrogen and oxygen atoms in total. The Hall–Kier alpha value is -1.46. The molecule has 1 aliphatic heterocycles. The van der Waals surface area contributed by atoms with Gasteiger partial charge in [0.05, 0.1) is 0 Å². The fourth-order valence-corrected chi connectivity index (χ4v) is 3.31. The lowest BCUT2D eigenvalue weighted by molar-refractivity contribution is 0.417. The first kappa shape index (κ1) is 13.5. The number of hydrogen-bond acceptors (Lipinski definition) is 5. The molecule has 3 rings (SSSR count). The predicted molar refractivity (Wildman–Crippen MR) is 83.3 cm³/mol. The Balaban J connectivity index is 1.39. The van der Waals surface area contributed by atoms with E-state index in [4.69, 9.17) is 0 Å². The summed E-state index contributed by atoms with van der Waals surface area (Å²) in [4.78, 5) is 10.9. The number of pyridine rings is 1. The highest BCUT2D eigenvalue weighted by Crippen LogP contribution is 2.21. The average molecular weight is 288 g/mol. The van der Waals surface area contributed by atoms with Crippen molar-refractivity contribution in [3.63, 3.8) is 0 Å². The molecule has 2 aromatic heterocycles. The van der Waals surface area contributed by atoms with Crippen LogP contribution < -0.4 is 10.2 Å². The van der Waals surface area contributed by atoms with Gasteiger partial charge in [0.15, 0.2) is 5.13 Å². The summed E-state index contributed by atoms with van der Waals surface area (Å²) in [6.07, 6.45) is 9.12. The van der Waals surface area contributed by atoms with Gasteiger partial charge in [-0.2, -0.15) is 0 Å². The van der Waals surface area contributed by atoms with Gasteiger partial charge < -0.3 is 10.2 Å². The largest absolute Gasteiger partial charge is 0.348 e. The Labute approximate surface area is 123 Å². The van der Waals surface area contributed by atoms with Gasteiger partial charge in [0.2, 0.25) is 0 Å². The van der Waals surface area contributed by atoms with Gasteiger partial charge >= 0.3 is 0 Å². The summed E-state index contributed by atoms with van der Waals surface area (Å²) < 4.78 is 0. The smallest absolute Gasteiger partial charge is 0.185 e. The maximum absolute atomic E-state index is 4.38. The van der Waals surface area contributed by atoms with E-state index >= 15 is 0 Å². The number of hydrogen-bond donors (Lipinski definition) is 1. The highest BCUT2D eigenvalue weighted by Gasteiger charge is 2.19. The zero-order chi connectivity index (χ0) is 13.6. The first-order valence-corrected chi connectivity index (χ1v) is 8.06. The van der Waals surface area contributed by atoms with E-state index in [2.05, 4.69) is 26.3 Å². The number of anilines is 1. The molecule has 3 heterocycles. The van der Waals surface area contributed by atoms with Crippen LogP contribution in [0.3, 0.4) is 0 Å². The molecule has 0 bridgehead atoms. The molecule has 1 saturated heterocycles. The molecule has 0 saturated carbocycles. The minimum atomic E-state index is 0.642. The van der Waals surface area contributed by atoms with Crippen molar-refractivity contribution in [2.75, 3.05) is 24.5 Å². The second kappa shape index (κ2) is 6.81. The summed E-state index contributed by atoms with van der Waals surface area (Å²) in [6.45, 7) is 3.25. The highest BCUT2D eigenvalue weighted by molar-refractivity contribution is 7.13. The molecule has 1 aliphatic rings. The molecule has 2 aromatic rings. The van der Waals surface area contributed by atoms with Crippen molar-refractivity contribution in [1.82, 2.24) is 15.3 Å². The molecule has 0 aromatic carbocycles. The van der Waals surface area contributed by atoms with Crippen LogP contribution in [-0.4, -0.2) is 35.6 Å². The van der Waals surface area contributed by atoms with Crippen LogP contribution in [0, 0.1) is 0 Å². The number of nitrogens with zero attached hydrogens (tertiary/aromatic N) is 3. The quantitative estimate of drug-likeness (QED) is 0.917. The molecule has 0 atom stereocenters. The lowest BCUT2D eigenvalue weighted by Gasteiger charge is -2.32. The lowest BCUT2D eigenvalue weighted by Crippen LogP contribution is -2.43. The van der Waals surface area contributed by atoms with Crippen LogP contribution in [0.5, 0.6) is 0 Å². The zero-order valence-electron chi connectivity index (χ0n) is 11.5. The third-order valence-electron chi connectivity index (χ3n) is 3.75. The topological polar surface area (TPSA) is 41.1 Å². The van der Waals surface area contributed by atoms with Gasteiger partial charge in [-0.1, -0.05) is 6.07 Å². The van der Waals surface area contributed by atoms with E-state index in [1.165, 1.54) is 23.5 Å². The molecule has 0 radical (unpaired) electrons. The zero-order valence-corrected chi connectivity index (χ0v) is 12.4. The molecule has 0 aliphatic carbocycles. The van der Waals surface area contributed by atoms with Crippen molar-refractivity contribution in [3.8, 4) is 0 Å². The van der Waals surface area contributed by atoms with E-state index in [-0.39, 0.29) is 0 Å². The fourth-order valence-electron chi connectivity index (χ4n) is 2.61. The molecule has 5 heteroatoms. The van der Waals surface area contributed by atoms with Gasteiger partial charge in [-0.15, -0.1) is 11.3 Å². The van der Waals surface area contributed by atoms with Crippen LogP contribution in [0.15, 0.2) is 36.1 Å². The summed E-state index contributed by atoms with van der Waals surface area (Å²) >= 11 is 1.73. The molecular weight excluding hydrogens is 268 g/mol. The van der Waals surface area contributed by atoms with Crippen LogP contribution in [0.2, 0.25) is 0 Å². The van der Waals surface area contributed by atoms with E-state index in [0.717, 1.165) is 26.1 Å². The Bertz CT molecular complexity index is 492. The molecular formula is C15H20N4S. The van der Waals surface area contributed by atoms with Crippen LogP contribution in [0.1, 0.15) is 18.4 Å². The van der Waals surface area contributed by atoms with E-state index in [9.17, 15) is 0 Å². The monoisotopic (exact) mass is 288 g/mol. The molecule has 0 unspecified atom stereocenters. The van der Waals surface area contributed by atoms with Crippen molar-refractivity contribution in [2.24, 2.45) is 0 Å². The number of thiazole rings is 1. The Morgan fingerprint density at radius 2 is 2.20 bits per heavy atom. The third kappa shape index (κ3) is 3.55. The third-order valence-corrected chi connectivity index (χ3v) is 4.59. The standard InChI is InChI=1S/C15H20N4S/c1-2-13(12-16-6-1)3-7-17-14-4-9-19(10-5-14)15-18-8-11-20-15/h1-2,6,8,11-12,14,17H,3-5,7,9-10H2. The van der Waals surface area contributed by atoms with Crippen LogP contribution in [0.4, 0.5) is 5.13 Å². The fraction of sp³-hybridized carbons (Fsp3) is 0.467. The normalized spacial score (nSPS) is 16.5. The number of nitrogens with one attached hydrogen (secondary N) is 1. The molecule has 106 valence electrons. The van der Waals surface area contributed by atoms with E-state index in [1.807, 2.05) is 30.0 Å². The molecule has 0 amide bonds. The van der Waals surface area contributed by atoms with E-state index in [1.54, 1.807) is 11.3 Å². The van der Waals surface area contributed by atoms with Crippen molar-refractivity contribution in [2.45, 2.75) is 25.3 Å². The Morgan fingerprint density at radius 3 is 2.90 bits per heavy atom. The average Bonchev–Trinajstić information content (AvgIpc) is 3.03. The summed E-state index contributed by atoms with van der Waals surface area (Å²) in [5.41, 5.74) is 1.31. The maximum atomic E-state index is 4.38. The van der Waals surface area contributed by atoms with Crippen LogP contribution >= 0.6 is 11.3 Å². The van der Waals surface area contributed by atoms with Crippen molar-refractivity contribution < 1.29 is 0 Å². The predicted octanol–water partition coefficient (Wildman–Crippen LogP) is 2.34. The minimum Gasteiger partial charge on any atom is -0.348 e. The maximum Gasteiger partial charge on any atom is 0.185 e. The molecule has 1 N–H and O–H groups in total. The van der Waals surface area contributed by atoms with E-state index in [0.29, 0.717) is 6.04 Å². The molecule has 20 heavy (non-hydrogen) atoms. The van der Waals surface area contributed by atoms with Crippen molar-refractivity contribution in [3.05, 3.63) is 41.7 Å². The van der Waals surface area contributed by atoms with Crippen LogP contribution in [0.25, 0.3) is 0 Å². The van der Waals surface area contributed by atoms with Crippen LogP contribution in [-0.2, 0) is 6.42 Å². The summed E-state index contributed by atoms with van der Waals surface area (Å²) in [6, 6.07) is 4.78. The molecule has 1 fully saturated rings. The number of piperidine rings is 1. The summed E-state index contributed by atoms with van der Waals surface area (Å²) in [5.74, 6) is 0. The second-order valence-electron chi connectivity index (χ2n) is 5.14. The SMILES string of the molecule is c1cncc(CCNC2CCN(c3nccs3)CC2)c1. The van der Waals surface area contributed by atoms with Gasteiger partial charge in [-0.05, 0) is 37.4 Å². The first-order valence-electron chi connectivity index (χ1n) is 7.18. The Kier molecular flexibility index (Phi) is 4.61. The summed E-state index contributed by atoms with van der Waals surface area (Å²) in [5, 5.41) is 6.88. The Morgan fingerprint density at radius 1 is 1.30 bits per heavy atom. The van der Waals surface area contributed by atoms with Gasteiger partial charge in [-0.3, -0.25) is 4.98 Å². The second-order valence-corrected chi connectivity index (χ2v) is 6.01. The minimum absolute atomic E-state index is 0.642. The number of rotatable bonds is 5. The first-order chi connectivity index (χ1) is 9.92. The van der Waals surface area contributed by atoms with Gasteiger partial charge in [0.25, 0.3) is 0 Å². The lowest BCUT2D eigenvalue weighted by atomic mass is 10.1. The number of aromatic nitrogens is 2. The van der Waals surface area contributed by atoms with Crippen molar-refractivity contribution >= 4 is 16.5 Å². The van der Waals surface area contributed by atoms with Gasteiger partial charge in [0, 0.05) is 43.1 Å².